The molecule has 0 radical (unpaired) electrons. The number of carbonyl (C=O) groups excluding carboxylic acids is 2. The number of morpholine rings is 1. The van der Waals surface area contributed by atoms with Crippen LogP contribution in [0.15, 0.2) is 24.3 Å². The van der Waals surface area contributed by atoms with Gasteiger partial charge in [0, 0.05) is 38.6 Å². The van der Waals surface area contributed by atoms with E-state index in [0.29, 0.717) is 31.8 Å². The molecule has 0 bridgehead atoms. The van der Waals surface area contributed by atoms with Crippen LogP contribution >= 0.6 is 0 Å². The van der Waals surface area contributed by atoms with Crippen molar-refractivity contribution in [3.63, 3.8) is 0 Å². The summed E-state index contributed by atoms with van der Waals surface area (Å²) in [6, 6.07) is 6.81. The van der Waals surface area contributed by atoms with Crippen LogP contribution in [0.1, 0.15) is 6.42 Å². The number of anilines is 2. The summed E-state index contributed by atoms with van der Waals surface area (Å²) in [6.07, 6.45) is 0.437. The average molecular weight is 349 g/mol. The normalized spacial score (nSPS) is 22.9. The minimum Gasteiger partial charge on any atom is -0.370 e. The molecule has 0 aromatic heterocycles. The maximum atomic E-state index is 12.4. The molecule has 2 aliphatic rings. The Bertz CT molecular complexity index is 630. The van der Waals surface area contributed by atoms with Gasteiger partial charge >= 0.3 is 0 Å². The second-order valence-corrected chi connectivity index (χ2v) is 6.09. The van der Waals surface area contributed by atoms with Crippen molar-refractivity contribution in [2.24, 2.45) is 0 Å². The maximum Gasteiger partial charge on any atom is 0.253 e. The Morgan fingerprint density at radius 3 is 2.64 bits per heavy atom. The van der Waals surface area contributed by atoms with E-state index in [2.05, 4.69) is 10.6 Å². The number of amides is 2. The van der Waals surface area contributed by atoms with Crippen LogP contribution < -0.4 is 15.5 Å². The molecule has 2 heterocycles. The first-order valence-corrected chi connectivity index (χ1v) is 8.19. The lowest BCUT2D eigenvalue weighted by Crippen LogP contribution is -2.41. The fraction of sp³-hybridized carbons (Fsp3) is 0.529. The van der Waals surface area contributed by atoms with Crippen molar-refractivity contribution in [2.75, 3.05) is 50.7 Å². The number of carbonyl (C=O) groups is 2. The average Bonchev–Trinajstić information content (AvgIpc) is 3.08. The molecule has 25 heavy (non-hydrogen) atoms. The minimum absolute atomic E-state index is 0.0614. The number of nitrogens with zero attached hydrogens (tertiary/aromatic N) is 1. The Morgan fingerprint density at radius 1 is 1.32 bits per heavy atom. The number of nitrogens with one attached hydrogen (secondary N) is 2. The standard InChI is InChI=1S/C17H23N3O5/c1-23-17(24-2)9-14(18-11-17)16(22)19-12-3-5-13(6-4-12)20-7-8-25-10-15(20)21/h3-6,14,18H,7-11H2,1-2H3,(H,19,22). The van der Waals surface area contributed by atoms with Crippen molar-refractivity contribution in [1.82, 2.24) is 5.32 Å². The summed E-state index contributed by atoms with van der Waals surface area (Å²) in [5.74, 6) is -0.970. The zero-order valence-electron chi connectivity index (χ0n) is 14.4. The van der Waals surface area contributed by atoms with Crippen molar-refractivity contribution in [3.8, 4) is 0 Å². The number of hydrogen-bond donors (Lipinski definition) is 2. The lowest BCUT2D eigenvalue weighted by molar-refractivity contribution is -0.192. The molecular formula is C17H23N3O5. The highest BCUT2D eigenvalue weighted by atomic mass is 16.7. The van der Waals surface area contributed by atoms with Crippen molar-refractivity contribution in [2.45, 2.75) is 18.2 Å². The van der Waals surface area contributed by atoms with E-state index >= 15 is 0 Å². The molecule has 0 aliphatic carbocycles. The quantitative estimate of drug-likeness (QED) is 0.745. The van der Waals surface area contributed by atoms with Crippen LogP contribution in [-0.2, 0) is 23.8 Å². The maximum absolute atomic E-state index is 12.4. The molecule has 2 amide bonds. The van der Waals surface area contributed by atoms with Crippen LogP contribution in [0.3, 0.4) is 0 Å². The minimum atomic E-state index is -0.761. The number of methoxy groups -OCH3 is 2. The van der Waals surface area contributed by atoms with Gasteiger partial charge in [-0.3, -0.25) is 9.59 Å². The summed E-state index contributed by atoms with van der Waals surface area (Å²) in [6.45, 7) is 1.62. The smallest absolute Gasteiger partial charge is 0.253 e. The van der Waals surface area contributed by atoms with Crippen LogP contribution in [0.4, 0.5) is 11.4 Å². The molecule has 8 heteroatoms. The third kappa shape index (κ3) is 3.82. The van der Waals surface area contributed by atoms with Crippen LogP contribution in [0.25, 0.3) is 0 Å². The van der Waals surface area contributed by atoms with Gasteiger partial charge < -0.3 is 29.7 Å². The lowest BCUT2D eigenvalue weighted by Gasteiger charge is -2.27. The Kier molecular flexibility index (Phi) is 5.33. The first kappa shape index (κ1) is 17.8. The van der Waals surface area contributed by atoms with E-state index in [1.165, 1.54) is 0 Å². The molecule has 0 spiro atoms. The van der Waals surface area contributed by atoms with Gasteiger partial charge in [0.05, 0.1) is 19.2 Å². The first-order chi connectivity index (χ1) is 12.1. The Morgan fingerprint density at radius 2 is 2.04 bits per heavy atom. The Balaban J connectivity index is 1.60. The summed E-state index contributed by atoms with van der Waals surface area (Å²) in [7, 11) is 3.13. The molecule has 1 aromatic carbocycles. The second-order valence-electron chi connectivity index (χ2n) is 6.09. The predicted molar refractivity (Wildman–Crippen MR) is 91.4 cm³/mol. The molecular weight excluding hydrogens is 326 g/mol. The SMILES string of the molecule is COC1(OC)CNC(C(=O)Nc2ccc(N3CCOCC3=O)cc2)C1. The van der Waals surface area contributed by atoms with Gasteiger partial charge in [0.2, 0.25) is 5.91 Å². The monoisotopic (exact) mass is 349 g/mol. The third-order valence-corrected chi connectivity index (χ3v) is 4.63. The molecule has 0 saturated carbocycles. The van der Waals surface area contributed by atoms with Crippen molar-refractivity contribution in [3.05, 3.63) is 24.3 Å². The number of hydrogen-bond acceptors (Lipinski definition) is 6. The van der Waals surface area contributed by atoms with E-state index < -0.39 is 5.79 Å². The summed E-state index contributed by atoms with van der Waals surface area (Å²) < 4.78 is 15.8. The molecule has 2 fully saturated rings. The van der Waals surface area contributed by atoms with Gasteiger partial charge in [-0.2, -0.15) is 0 Å². The summed E-state index contributed by atoms with van der Waals surface area (Å²) in [5, 5.41) is 5.98. The van der Waals surface area contributed by atoms with E-state index in [-0.39, 0.29) is 24.5 Å². The molecule has 136 valence electrons. The molecule has 2 aliphatic heterocycles. The summed E-state index contributed by atoms with van der Waals surface area (Å²) in [5.41, 5.74) is 1.46. The molecule has 1 aromatic rings. The summed E-state index contributed by atoms with van der Waals surface area (Å²) >= 11 is 0. The van der Waals surface area contributed by atoms with E-state index in [0.717, 1.165) is 5.69 Å². The first-order valence-electron chi connectivity index (χ1n) is 8.19. The Hall–Kier alpha value is -2.00. The van der Waals surface area contributed by atoms with Crippen molar-refractivity contribution >= 4 is 23.2 Å². The largest absolute Gasteiger partial charge is 0.370 e. The lowest BCUT2D eigenvalue weighted by atomic mass is 10.1. The fourth-order valence-electron chi connectivity index (χ4n) is 3.06. The summed E-state index contributed by atoms with van der Waals surface area (Å²) in [4.78, 5) is 25.9. The van der Waals surface area contributed by atoms with Gasteiger partial charge in [-0.1, -0.05) is 0 Å². The van der Waals surface area contributed by atoms with Gasteiger partial charge in [-0.25, -0.2) is 0 Å². The molecule has 3 rings (SSSR count). The van der Waals surface area contributed by atoms with Gasteiger partial charge in [0.1, 0.15) is 6.61 Å². The van der Waals surface area contributed by atoms with E-state index in [1.54, 1.807) is 31.3 Å². The second kappa shape index (κ2) is 7.49. The highest BCUT2D eigenvalue weighted by molar-refractivity contribution is 5.97. The fourth-order valence-corrected chi connectivity index (χ4v) is 3.06. The van der Waals surface area contributed by atoms with E-state index in [4.69, 9.17) is 14.2 Å². The number of benzene rings is 1. The highest BCUT2D eigenvalue weighted by Crippen LogP contribution is 2.25. The van der Waals surface area contributed by atoms with Crippen LogP contribution in [0.5, 0.6) is 0 Å². The topological polar surface area (TPSA) is 89.1 Å². The third-order valence-electron chi connectivity index (χ3n) is 4.63. The Labute approximate surface area is 146 Å². The van der Waals surface area contributed by atoms with Crippen LogP contribution in [0, 0.1) is 0 Å². The van der Waals surface area contributed by atoms with Gasteiger partial charge in [0.15, 0.2) is 5.79 Å². The van der Waals surface area contributed by atoms with Gasteiger partial charge in [0.25, 0.3) is 5.91 Å². The zero-order valence-corrected chi connectivity index (χ0v) is 14.4. The molecule has 8 nitrogen and oxygen atoms in total. The number of rotatable bonds is 5. The van der Waals surface area contributed by atoms with Crippen molar-refractivity contribution < 1.29 is 23.8 Å². The van der Waals surface area contributed by atoms with Gasteiger partial charge in [-0.15, -0.1) is 0 Å². The predicted octanol–water partition coefficient (Wildman–Crippen LogP) is 0.339. The highest BCUT2D eigenvalue weighted by Gasteiger charge is 2.42. The van der Waals surface area contributed by atoms with Crippen LogP contribution in [0.2, 0.25) is 0 Å². The van der Waals surface area contributed by atoms with Crippen LogP contribution in [-0.4, -0.2) is 64.2 Å². The molecule has 2 N–H and O–H groups in total. The molecule has 2 saturated heterocycles. The molecule has 1 unspecified atom stereocenters. The van der Waals surface area contributed by atoms with Crippen molar-refractivity contribution in [1.29, 1.82) is 0 Å². The zero-order chi connectivity index (χ0) is 17.9. The van der Waals surface area contributed by atoms with E-state index in [9.17, 15) is 9.59 Å². The van der Waals surface area contributed by atoms with E-state index in [1.807, 2.05) is 12.1 Å². The molecule has 1 atom stereocenters. The van der Waals surface area contributed by atoms with Gasteiger partial charge in [-0.05, 0) is 24.3 Å². The number of ether oxygens (including phenoxy) is 3.